The lowest BCUT2D eigenvalue weighted by Crippen LogP contribution is -1.94. The molecule has 0 unspecified atom stereocenters. The molecule has 0 aliphatic carbocycles. The molecule has 23 heavy (non-hydrogen) atoms. The fraction of sp³-hybridized carbons (Fsp3) is 0.762. The first-order chi connectivity index (χ1) is 11.0. The Morgan fingerprint density at radius 2 is 1.65 bits per heavy atom. The van der Waals surface area contributed by atoms with Crippen molar-refractivity contribution in [3.63, 3.8) is 0 Å². The molecule has 1 atom stereocenters. The van der Waals surface area contributed by atoms with Gasteiger partial charge in [0.05, 0.1) is 0 Å². The molecule has 0 aromatic heterocycles. The van der Waals surface area contributed by atoms with E-state index in [4.69, 9.17) is 5.11 Å². The third kappa shape index (κ3) is 15.6. The Kier molecular flexibility index (Phi) is 13.9. The van der Waals surface area contributed by atoms with Crippen molar-refractivity contribution in [1.29, 1.82) is 0 Å². The Morgan fingerprint density at radius 1 is 1.00 bits per heavy atom. The van der Waals surface area contributed by atoms with Crippen LogP contribution in [0.2, 0.25) is 0 Å². The first-order valence-electron chi connectivity index (χ1n) is 9.50. The van der Waals surface area contributed by atoms with E-state index in [1.54, 1.807) is 0 Å². The minimum absolute atomic E-state index is 0.323. The van der Waals surface area contributed by atoms with Crippen molar-refractivity contribution in [2.45, 2.75) is 98.3 Å². The summed E-state index contributed by atoms with van der Waals surface area (Å²) in [6, 6.07) is 0. The van der Waals surface area contributed by atoms with E-state index in [-0.39, 0.29) is 0 Å². The van der Waals surface area contributed by atoms with Gasteiger partial charge in [0.2, 0.25) is 0 Å². The van der Waals surface area contributed by atoms with Crippen LogP contribution in [-0.2, 0) is 4.79 Å². The summed E-state index contributed by atoms with van der Waals surface area (Å²) < 4.78 is 0. The minimum atomic E-state index is -0.668. The molecule has 0 heterocycles. The minimum Gasteiger partial charge on any atom is -0.481 e. The summed E-state index contributed by atoms with van der Waals surface area (Å²) in [5.41, 5.74) is 2.99. The second kappa shape index (κ2) is 14.5. The Morgan fingerprint density at radius 3 is 2.30 bits per heavy atom. The molecule has 0 rings (SSSR count). The molecule has 2 heteroatoms. The largest absolute Gasteiger partial charge is 0.481 e. The van der Waals surface area contributed by atoms with E-state index < -0.39 is 5.97 Å². The van der Waals surface area contributed by atoms with E-state index in [0.717, 1.165) is 19.3 Å². The normalized spacial score (nSPS) is 14.1. The summed E-state index contributed by atoms with van der Waals surface area (Å²) in [5, 5.41) is 8.59. The molecule has 2 nitrogen and oxygen atoms in total. The van der Waals surface area contributed by atoms with Gasteiger partial charge in [-0.25, -0.2) is 0 Å². The van der Waals surface area contributed by atoms with E-state index in [0.29, 0.717) is 12.3 Å². The maximum Gasteiger partial charge on any atom is 0.303 e. The molecule has 0 aliphatic rings. The molecule has 0 radical (unpaired) electrons. The first-order valence-corrected chi connectivity index (χ1v) is 9.50. The number of allylic oxidation sites excluding steroid dienone is 4. The fourth-order valence-electron chi connectivity index (χ4n) is 2.97. The molecular formula is C21H38O2. The molecule has 0 aromatic rings. The molecule has 0 spiro atoms. The number of carboxylic acid groups (broad SMARTS) is 1. The summed E-state index contributed by atoms with van der Waals surface area (Å²) in [7, 11) is 0. The SMILES string of the molecule is CCCC/C=C(/C)C/C(C)=C/[C@@H](C)CCCCCCCC(=O)O. The molecule has 0 bridgehead atoms. The highest BCUT2D eigenvalue weighted by atomic mass is 16.4. The average Bonchev–Trinajstić information content (AvgIpc) is 2.45. The monoisotopic (exact) mass is 322 g/mol. The third-order valence-electron chi connectivity index (χ3n) is 4.23. The van der Waals surface area contributed by atoms with Crippen molar-refractivity contribution in [2.24, 2.45) is 5.92 Å². The number of hydrogen-bond acceptors (Lipinski definition) is 1. The zero-order valence-electron chi connectivity index (χ0n) is 15.9. The number of carbonyl (C=O) groups is 1. The van der Waals surface area contributed by atoms with Crippen LogP contribution in [0.4, 0.5) is 0 Å². The highest BCUT2D eigenvalue weighted by Gasteiger charge is 2.01. The van der Waals surface area contributed by atoms with Crippen LogP contribution in [0.1, 0.15) is 98.3 Å². The summed E-state index contributed by atoms with van der Waals surface area (Å²) >= 11 is 0. The van der Waals surface area contributed by atoms with Gasteiger partial charge in [-0.2, -0.15) is 0 Å². The van der Waals surface area contributed by atoms with Crippen LogP contribution in [-0.4, -0.2) is 11.1 Å². The van der Waals surface area contributed by atoms with E-state index in [2.05, 4.69) is 39.8 Å². The van der Waals surface area contributed by atoms with Crippen molar-refractivity contribution >= 4 is 5.97 Å². The smallest absolute Gasteiger partial charge is 0.303 e. The van der Waals surface area contributed by atoms with Gasteiger partial charge in [-0.05, 0) is 45.4 Å². The lowest BCUT2D eigenvalue weighted by Gasteiger charge is -2.09. The molecule has 0 aromatic carbocycles. The Balaban J connectivity index is 3.79. The average molecular weight is 323 g/mol. The van der Waals surface area contributed by atoms with Crippen molar-refractivity contribution < 1.29 is 9.90 Å². The predicted molar refractivity (Wildman–Crippen MR) is 101 cm³/mol. The Bertz CT molecular complexity index is 366. The molecule has 1 N–H and O–H groups in total. The Hall–Kier alpha value is -1.05. The summed E-state index contributed by atoms with van der Waals surface area (Å²) in [4.78, 5) is 10.4. The van der Waals surface area contributed by atoms with Crippen LogP contribution in [0.15, 0.2) is 23.3 Å². The number of unbranched alkanes of at least 4 members (excludes halogenated alkanes) is 6. The third-order valence-corrected chi connectivity index (χ3v) is 4.23. The Labute approximate surface area is 144 Å². The van der Waals surface area contributed by atoms with Gasteiger partial charge >= 0.3 is 5.97 Å². The van der Waals surface area contributed by atoms with Gasteiger partial charge in [0.25, 0.3) is 0 Å². The highest BCUT2D eigenvalue weighted by molar-refractivity contribution is 5.66. The van der Waals surface area contributed by atoms with Gasteiger partial charge in [0.1, 0.15) is 0 Å². The highest BCUT2D eigenvalue weighted by Crippen LogP contribution is 2.18. The van der Waals surface area contributed by atoms with E-state index >= 15 is 0 Å². The van der Waals surface area contributed by atoms with E-state index in [9.17, 15) is 4.79 Å². The number of carboxylic acids is 1. The van der Waals surface area contributed by atoms with Crippen LogP contribution in [0.5, 0.6) is 0 Å². The second-order valence-electron chi connectivity index (χ2n) is 7.06. The summed E-state index contributed by atoms with van der Waals surface area (Å²) in [5.74, 6) is -0.0178. The predicted octanol–water partition coefficient (Wildman–Crippen LogP) is 6.91. The number of rotatable bonds is 14. The topological polar surface area (TPSA) is 37.3 Å². The molecule has 134 valence electrons. The number of aliphatic carboxylic acids is 1. The molecule has 0 saturated carbocycles. The van der Waals surface area contributed by atoms with Gasteiger partial charge in [0.15, 0.2) is 0 Å². The summed E-state index contributed by atoms with van der Waals surface area (Å²) in [6.45, 7) is 9.04. The van der Waals surface area contributed by atoms with Crippen LogP contribution >= 0.6 is 0 Å². The van der Waals surface area contributed by atoms with Crippen LogP contribution < -0.4 is 0 Å². The van der Waals surface area contributed by atoms with Gasteiger partial charge in [0, 0.05) is 6.42 Å². The lowest BCUT2D eigenvalue weighted by molar-refractivity contribution is -0.137. The molecule has 0 fully saturated rings. The van der Waals surface area contributed by atoms with Crippen molar-refractivity contribution in [2.75, 3.05) is 0 Å². The van der Waals surface area contributed by atoms with Gasteiger partial charge < -0.3 is 5.11 Å². The zero-order chi connectivity index (χ0) is 17.5. The van der Waals surface area contributed by atoms with Crippen LogP contribution in [0.3, 0.4) is 0 Å². The molecule has 0 saturated heterocycles. The zero-order valence-corrected chi connectivity index (χ0v) is 15.9. The fourth-order valence-corrected chi connectivity index (χ4v) is 2.97. The van der Waals surface area contributed by atoms with E-state index in [1.165, 1.54) is 56.1 Å². The van der Waals surface area contributed by atoms with Gasteiger partial charge in [-0.3, -0.25) is 4.79 Å². The van der Waals surface area contributed by atoms with E-state index in [1.807, 2.05) is 0 Å². The van der Waals surface area contributed by atoms with Crippen LogP contribution in [0, 0.1) is 5.92 Å². The quantitative estimate of drug-likeness (QED) is 0.278. The first kappa shape index (κ1) is 21.9. The maximum atomic E-state index is 10.4. The van der Waals surface area contributed by atoms with Crippen molar-refractivity contribution in [3.8, 4) is 0 Å². The lowest BCUT2D eigenvalue weighted by atomic mass is 9.97. The second-order valence-corrected chi connectivity index (χ2v) is 7.06. The molecule has 0 amide bonds. The number of hydrogen-bond donors (Lipinski definition) is 1. The molecule has 0 aliphatic heterocycles. The van der Waals surface area contributed by atoms with Crippen molar-refractivity contribution in [3.05, 3.63) is 23.3 Å². The summed E-state index contributed by atoms with van der Waals surface area (Å²) in [6.07, 6.45) is 16.8. The molecular weight excluding hydrogens is 284 g/mol. The van der Waals surface area contributed by atoms with Gasteiger partial charge in [-0.15, -0.1) is 0 Å². The maximum absolute atomic E-state index is 10.4. The van der Waals surface area contributed by atoms with Crippen LogP contribution in [0.25, 0.3) is 0 Å². The van der Waals surface area contributed by atoms with Gasteiger partial charge in [-0.1, -0.05) is 75.7 Å². The van der Waals surface area contributed by atoms with Crippen molar-refractivity contribution in [1.82, 2.24) is 0 Å². The standard InChI is InChI=1S/C21H38O2/c1-5-6-10-13-18(2)16-20(4)17-19(3)14-11-8-7-9-12-15-21(22)23/h13,17,19H,5-12,14-16H2,1-4H3,(H,22,23)/b18-13-,20-17+/t19-/m0/s1.